The number of methoxy groups -OCH3 is 1. The fraction of sp³-hybridized carbons (Fsp3) is 0.800. The number of esters is 1. The van der Waals surface area contributed by atoms with E-state index in [4.69, 9.17) is 5.73 Å². The van der Waals surface area contributed by atoms with Crippen LogP contribution in [-0.4, -0.2) is 30.1 Å². The normalized spacial score (nSPS) is 38.4. The molecule has 0 aromatic rings. The Kier molecular flexibility index (Phi) is 3.04. The van der Waals surface area contributed by atoms with Crippen molar-refractivity contribution in [3.05, 3.63) is 0 Å². The average Bonchev–Trinajstić information content (AvgIpc) is 3.10. The predicted octanol–water partition coefficient (Wildman–Crippen LogP) is 0.932. The van der Waals surface area contributed by atoms with Crippen LogP contribution < -0.4 is 5.73 Å². The Hall–Kier alpha value is -1.59. The zero-order valence-electron chi connectivity index (χ0n) is 12.1. The topological polar surface area (TPSA) is 107 Å². The minimum atomic E-state index is -1.08. The van der Waals surface area contributed by atoms with Crippen molar-refractivity contribution in [2.24, 2.45) is 34.3 Å². The molecule has 6 heteroatoms. The largest absolute Gasteiger partial charge is 0.481 e. The Labute approximate surface area is 123 Å². The van der Waals surface area contributed by atoms with Crippen molar-refractivity contribution in [1.82, 2.24) is 0 Å². The molecule has 1 amide bonds. The summed E-state index contributed by atoms with van der Waals surface area (Å²) in [6.45, 7) is 0. The van der Waals surface area contributed by atoms with E-state index in [0.29, 0.717) is 0 Å². The maximum atomic E-state index is 12.3. The van der Waals surface area contributed by atoms with Gasteiger partial charge >= 0.3 is 11.9 Å². The summed E-state index contributed by atoms with van der Waals surface area (Å²) in [6, 6.07) is 0. The van der Waals surface area contributed by atoms with Crippen LogP contribution in [0.3, 0.4) is 0 Å². The third kappa shape index (κ3) is 1.67. The molecule has 6 nitrogen and oxygen atoms in total. The number of nitrogens with two attached hydrogens (primary N) is 1. The number of amides is 1. The van der Waals surface area contributed by atoms with Crippen LogP contribution in [0, 0.1) is 28.6 Å². The lowest BCUT2D eigenvalue weighted by molar-refractivity contribution is -0.158. The molecule has 3 aliphatic carbocycles. The van der Waals surface area contributed by atoms with E-state index in [9.17, 15) is 19.5 Å². The maximum Gasteiger partial charge on any atom is 0.307 e. The van der Waals surface area contributed by atoms with E-state index in [1.165, 1.54) is 7.11 Å². The Balaban J connectivity index is 1.99. The number of carboxylic acids is 1. The number of hydrogen-bond donors (Lipinski definition) is 2. The summed E-state index contributed by atoms with van der Waals surface area (Å²) in [7, 11) is 1.29. The highest BCUT2D eigenvalue weighted by atomic mass is 16.5. The smallest absolute Gasteiger partial charge is 0.307 e. The second-order valence-electron chi connectivity index (χ2n) is 6.77. The highest BCUT2D eigenvalue weighted by molar-refractivity contribution is 5.90. The van der Waals surface area contributed by atoms with E-state index in [2.05, 4.69) is 4.74 Å². The zero-order chi connectivity index (χ0) is 15.4. The van der Waals surface area contributed by atoms with Crippen LogP contribution in [0.4, 0.5) is 0 Å². The maximum absolute atomic E-state index is 12.3. The van der Waals surface area contributed by atoms with Crippen LogP contribution in [-0.2, 0) is 19.1 Å². The summed E-state index contributed by atoms with van der Waals surface area (Å²) in [6.07, 6.45) is 3.91. The molecule has 0 unspecified atom stereocenters. The van der Waals surface area contributed by atoms with Gasteiger partial charge in [-0.3, -0.25) is 14.4 Å². The first-order valence-electron chi connectivity index (χ1n) is 7.49. The van der Waals surface area contributed by atoms with Gasteiger partial charge in [0.2, 0.25) is 5.91 Å². The first-order chi connectivity index (χ1) is 9.90. The first-order valence-corrected chi connectivity index (χ1v) is 7.49. The molecule has 3 rings (SSSR count). The molecule has 21 heavy (non-hydrogen) atoms. The SMILES string of the molecule is COC(=O)CC[C@]1(C(N)=O)[C@H](C(=O)O)[C@@H]2CC[C@@H]1C21CC1. The summed E-state index contributed by atoms with van der Waals surface area (Å²) in [5.41, 5.74) is 4.58. The molecule has 4 atom stereocenters. The molecule has 3 fully saturated rings. The van der Waals surface area contributed by atoms with E-state index in [-0.39, 0.29) is 30.1 Å². The van der Waals surface area contributed by atoms with E-state index in [0.717, 1.165) is 25.7 Å². The molecular formula is C15H21NO5. The molecule has 1 spiro atoms. The van der Waals surface area contributed by atoms with Gasteiger partial charge in [0.15, 0.2) is 0 Å². The quantitative estimate of drug-likeness (QED) is 0.734. The molecule has 0 aromatic carbocycles. The number of primary amides is 1. The second-order valence-corrected chi connectivity index (χ2v) is 6.77. The lowest BCUT2D eigenvalue weighted by atomic mass is 9.63. The third-order valence-corrected chi connectivity index (χ3v) is 6.30. The van der Waals surface area contributed by atoms with Crippen molar-refractivity contribution >= 4 is 17.8 Å². The summed E-state index contributed by atoms with van der Waals surface area (Å²) < 4.78 is 4.64. The summed E-state index contributed by atoms with van der Waals surface area (Å²) in [5, 5.41) is 9.68. The molecular weight excluding hydrogens is 274 g/mol. The van der Waals surface area contributed by atoms with Gasteiger partial charge in [0.05, 0.1) is 18.4 Å². The fourth-order valence-electron chi connectivity index (χ4n) is 5.47. The van der Waals surface area contributed by atoms with E-state index in [1.54, 1.807) is 0 Å². The van der Waals surface area contributed by atoms with Gasteiger partial charge in [0.25, 0.3) is 0 Å². The number of hydrogen-bond acceptors (Lipinski definition) is 4. The van der Waals surface area contributed by atoms with Crippen molar-refractivity contribution in [2.45, 2.75) is 38.5 Å². The Morgan fingerprint density at radius 3 is 2.43 bits per heavy atom. The summed E-state index contributed by atoms with van der Waals surface area (Å²) in [5.74, 6) is -2.63. The molecule has 0 saturated heterocycles. The Bertz CT molecular complexity index is 512. The van der Waals surface area contributed by atoms with E-state index in [1.807, 2.05) is 0 Å². The molecule has 116 valence electrons. The lowest BCUT2D eigenvalue weighted by Gasteiger charge is -2.39. The number of carbonyl (C=O) groups is 3. The molecule has 0 heterocycles. The van der Waals surface area contributed by atoms with Gasteiger partial charge in [-0.1, -0.05) is 0 Å². The molecule has 0 aromatic heterocycles. The van der Waals surface area contributed by atoms with Crippen molar-refractivity contribution in [3.63, 3.8) is 0 Å². The van der Waals surface area contributed by atoms with Crippen LogP contribution in [0.2, 0.25) is 0 Å². The summed E-state index contributed by atoms with van der Waals surface area (Å²) >= 11 is 0. The highest BCUT2D eigenvalue weighted by Crippen LogP contribution is 2.78. The minimum absolute atomic E-state index is 0.00575. The lowest BCUT2D eigenvalue weighted by Crippen LogP contribution is -2.50. The van der Waals surface area contributed by atoms with Crippen LogP contribution in [0.5, 0.6) is 0 Å². The summed E-state index contributed by atoms with van der Waals surface area (Å²) in [4.78, 5) is 35.5. The molecule has 3 N–H and O–H groups in total. The van der Waals surface area contributed by atoms with Crippen molar-refractivity contribution in [1.29, 1.82) is 0 Å². The van der Waals surface area contributed by atoms with Gasteiger partial charge in [-0.15, -0.1) is 0 Å². The monoisotopic (exact) mass is 295 g/mol. The van der Waals surface area contributed by atoms with E-state index >= 15 is 0 Å². The van der Waals surface area contributed by atoms with Crippen molar-refractivity contribution in [3.8, 4) is 0 Å². The highest BCUT2D eigenvalue weighted by Gasteiger charge is 2.77. The van der Waals surface area contributed by atoms with Gasteiger partial charge in [-0.05, 0) is 49.4 Å². The number of rotatable bonds is 5. The predicted molar refractivity (Wildman–Crippen MR) is 71.9 cm³/mol. The van der Waals surface area contributed by atoms with Crippen LogP contribution >= 0.6 is 0 Å². The Morgan fingerprint density at radius 1 is 1.29 bits per heavy atom. The number of carbonyl (C=O) groups excluding carboxylic acids is 2. The second kappa shape index (κ2) is 4.45. The zero-order valence-corrected chi connectivity index (χ0v) is 12.1. The molecule has 3 saturated carbocycles. The Morgan fingerprint density at radius 2 is 1.95 bits per heavy atom. The molecule has 2 bridgehead atoms. The average molecular weight is 295 g/mol. The van der Waals surface area contributed by atoms with Gasteiger partial charge in [-0.2, -0.15) is 0 Å². The molecule has 0 aliphatic heterocycles. The van der Waals surface area contributed by atoms with Crippen molar-refractivity contribution in [2.75, 3.05) is 7.11 Å². The minimum Gasteiger partial charge on any atom is -0.481 e. The number of aliphatic carboxylic acids is 1. The molecule has 3 aliphatic rings. The standard InChI is InChI=1S/C15H21NO5/c1-21-10(17)4-5-15(13(16)20)9-3-2-8(11(15)12(18)19)14(9)6-7-14/h8-9,11H,2-7H2,1H3,(H2,16,20)(H,18,19)/t8-,9+,11-,15+/m0/s1. The van der Waals surface area contributed by atoms with Gasteiger partial charge in [-0.25, -0.2) is 0 Å². The molecule has 0 radical (unpaired) electrons. The third-order valence-electron chi connectivity index (χ3n) is 6.30. The van der Waals surface area contributed by atoms with Gasteiger partial charge in [0, 0.05) is 6.42 Å². The van der Waals surface area contributed by atoms with E-state index < -0.39 is 29.2 Å². The number of carboxylic acid groups (broad SMARTS) is 1. The van der Waals surface area contributed by atoms with Crippen LogP contribution in [0.25, 0.3) is 0 Å². The van der Waals surface area contributed by atoms with Gasteiger partial charge in [0.1, 0.15) is 0 Å². The van der Waals surface area contributed by atoms with Gasteiger partial charge < -0.3 is 15.6 Å². The fourth-order valence-corrected chi connectivity index (χ4v) is 5.47. The number of ether oxygens (including phenoxy) is 1. The van der Waals surface area contributed by atoms with Crippen LogP contribution in [0.1, 0.15) is 38.5 Å². The van der Waals surface area contributed by atoms with Crippen molar-refractivity contribution < 1.29 is 24.2 Å². The first kappa shape index (κ1) is 14.4. The van der Waals surface area contributed by atoms with Crippen LogP contribution in [0.15, 0.2) is 0 Å².